The summed E-state index contributed by atoms with van der Waals surface area (Å²) in [5, 5.41) is 0. The van der Waals surface area contributed by atoms with Crippen LogP contribution in [0.3, 0.4) is 0 Å². The Labute approximate surface area is 109 Å². The molecular weight excluding hydrogens is 246 g/mol. The molecule has 0 saturated carbocycles. The van der Waals surface area contributed by atoms with Crippen LogP contribution in [0, 0.1) is 0 Å². The van der Waals surface area contributed by atoms with Gasteiger partial charge >= 0.3 is 11.7 Å². The van der Waals surface area contributed by atoms with E-state index in [1.54, 1.807) is 39.0 Å². The average molecular weight is 261 g/mol. The first-order chi connectivity index (χ1) is 8.83. The molecule has 0 aliphatic heterocycles. The van der Waals surface area contributed by atoms with Crippen molar-refractivity contribution in [2.24, 2.45) is 0 Å². The van der Waals surface area contributed by atoms with Gasteiger partial charge in [-0.1, -0.05) is 0 Å². The second kappa shape index (κ2) is 4.72. The zero-order valence-electron chi connectivity index (χ0n) is 11.0. The molecule has 2 N–H and O–H groups in total. The summed E-state index contributed by atoms with van der Waals surface area (Å²) in [4.78, 5) is 31.9. The number of carbonyl (C=O) groups is 1. The fourth-order valence-corrected chi connectivity index (χ4v) is 1.51. The first-order valence-corrected chi connectivity index (χ1v) is 5.84. The van der Waals surface area contributed by atoms with Gasteiger partial charge in [-0.15, -0.1) is 0 Å². The Kier molecular flexibility index (Phi) is 3.25. The predicted molar refractivity (Wildman–Crippen MR) is 71.6 cm³/mol. The number of imidazole rings is 1. The molecule has 0 atom stereocenters. The van der Waals surface area contributed by atoms with Crippen LogP contribution in [0.1, 0.15) is 26.5 Å². The third-order valence-electron chi connectivity index (χ3n) is 2.19. The van der Waals surface area contributed by atoms with Crippen molar-refractivity contribution in [2.45, 2.75) is 26.4 Å². The Morgan fingerprint density at radius 3 is 2.74 bits per heavy atom. The minimum absolute atomic E-state index is 0.309. The SMILES string of the molecule is CC(C)(C)OC(=O)/C=C/c1ccc2[nH]c(=O)[nH]c2n1. The normalized spacial score (nSPS) is 12.2. The first kappa shape index (κ1) is 13.1. The summed E-state index contributed by atoms with van der Waals surface area (Å²) in [6.45, 7) is 5.40. The lowest BCUT2D eigenvalue weighted by Gasteiger charge is -2.17. The van der Waals surface area contributed by atoms with E-state index in [0.717, 1.165) is 0 Å². The highest BCUT2D eigenvalue weighted by Crippen LogP contribution is 2.09. The molecule has 0 fully saturated rings. The smallest absolute Gasteiger partial charge is 0.331 e. The number of pyridine rings is 1. The number of fused-ring (bicyclic) bond motifs is 1. The molecule has 0 spiro atoms. The van der Waals surface area contributed by atoms with Crippen LogP contribution in [0.25, 0.3) is 17.2 Å². The van der Waals surface area contributed by atoms with Crippen molar-refractivity contribution in [3.8, 4) is 0 Å². The fourth-order valence-electron chi connectivity index (χ4n) is 1.51. The number of aromatic amines is 2. The van der Waals surface area contributed by atoms with Gasteiger partial charge in [-0.25, -0.2) is 14.6 Å². The lowest BCUT2D eigenvalue weighted by molar-refractivity contribution is -0.148. The van der Waals surface area contributed by atoms with Gasteiger partial charge in [-0.2, -0.15) is 0 Å². The van der Waals surface area contributed by atoms with Crippen LogP contribution < -0.4 is 5.69 Å². The second-order valence-electron chi connectivity index (χ2n) is 5.08. The molecule has 19 heavy (non-hydrogen) atoms. The molecule has 0 bridgehead atoms. The van der Waals surface area contributed by atoms with Crippen LogP contribution in [0.15, 0.2) is 23.0 Å². The highest BCUT2D eigenvalue weighted by molar-refractivity contribution is 5.87. The lowest BCUT2D eigenvalue weighted by Crippen LogP contribution is -2.22. The Bertz CT molecular complexity index is 689. The van der Waals surface area contributed by atoms with Crippen LogP contribution in [-0.4, -0.2) is 26.5 Å². The number of aromatic nitrogens is 3. The monoisotopic (exact) mass is 261 g/mol. The zero-order chi connectivity index (χ0) is 14.0. The van der Waals surface area contributed by atoms with Gasteiger partial charge in [0, 0.05) is 6.08 Å². The number of rotatable bonds is 2. The Morgan fingerprint density at radius 1 is 1.32 bits per heavy atom. The van der Waals surface area contributed by atoms with Gasteiger partial charge in [-0.3, -0.25) is 4.98 Å². The maximum absolute atomic E-state index is 11.5. The Hall–Kier alpha value is -2.37. The fraction of sp³-hybridized carbons (Fsp3) is 0.308. The molecule has 0 aliphatic carbocycles. The number of carbonyl (C=O) groups excluding carboxylic acids is 1. The van der Waals surface area contributed by atoms with E-state index >= 15 is 0 Å². The minimum Gasteiger partial charge on any atom is -0.457 e. The van der Waals surface area contributed by atoms with Crippen molar-refractivity contribution in [3.63, 3.8) is 0 Å². The molecule has 6 nitrogen and oxygen atoms in total. The molecular formula is C13H15N3O3. The standard InChI is InChI=1S/C13H15N3O3/c1-13(2,3)19-10(17)7-5-8-4-6-9-11(14-8)16-12(18)15-9/h4-7H,1-3H3,(H2,14,15,16,18)/b7-5+. The van der Waals surface area contributed by atoms with Gasteiger partial charge in [0.15, 0.2) is 5.65 Å². The number of nitrogens with zero attached hydrogens (tertiary/aromatic N) is 1. The Balaban J connectivity index is 2.16. The van der Waals surface area contributed by atoms with E-state index in [4.69, 9.17) is 4.74 Å². The largest absolute Gasteiger partial charge is 0.457 e. The average Bonchev–Trinajstić information content (AvgIpc) is 2.63. The van der Waals surface area contributed by atoms with E-state index in [2.05, 4.69) is 15.0 Å². The summed E-state index contributed by atoms with van der Waals surface area (Å²) in [6.07, 6.45) is 2.85. The molecule has 0 aromatic carbocycles. The number of nitrogens with one attached hydrogen (secondary N) is 2. The van der Waals surface area contributed by atoms with Crippen molar-refractivity contribution >= 4 is 23.2 Å². The number of esters is 1. The van der Waals surface area contributed by atoms with Crippen molar-refractivity contribution in [3.05, 3.63) is 34.4 Å². The topological polar surface area (TPSA) is 87.8 Å². The predicted octanol–water partition coefficient (Wildman–Crippen LogP) is 1.61. The van der Waals surface area contributed by atoms with Gasteiger partial charge < -0.3 is 9.72 Å². The zero-order valence-corrected chi connectivity index (χ0v) is 11.0. The molecule has 6 heteroatoms. The summed E-state index contributed by atoms with van der Waals surface area (Å²) in [6, 6.07) is 3.42. The number of hydrogen-bond acceptors (Lipinski definition) is 4. The molecule has 0 aliphatic rings. The van der Waals surface area contributed by atoms with Crippen molar-refractivity contribution in [1.82, 2.24) is 15.0 Å². The van der Waals surface area contributed by atoms with Crippen molar-refractivity contribution < 1.29 is 9.53 Å². The van der Waals surface area contributed by atoms with Crippen LogP contribution in [-0.2, 0) is 9.53 Å². The van der Waals surface area contributed by atoms with Crippen LogP contribution in [0.2, 0.25) is 0 Å². The summed E-state index contributed by atoms with van der Waals surface area (Å²) < 4.78 is 5.13. The van der Waals surface area contributed by atoms with E-state index < -0.39 is 11.6 Å². The highest BCUT2D eigenvalue weighted by atomic mass is 16.6. The van der Waals surface area contributed by atoms with Crippen molar-refractivity contribution in [1.29, 1.82) is 0 Å². The lowest BCUT2D eigenvalue weighted by atomic mass is 10.2. The maximum Gasteiger partial charge on any atom is 0.331 e. The third-order valence-corrected chi connectivity index (χ3v) is 2.19. The summed E-state index contributed by atoms with van der Waals surface area (Å²) >= 11 is 0. The van der Waals surface area contributed by atoms with E-state index in [-0.39, 0.29) is 5.69 Å². The third kappa shape index (κ3) is 3.54. The molecule has 100 valence electrons. The maximum atomic E-state index is 11.5. The number of H-pyrrole nitrogens is 2. The molecule has 2 aromatic heterocycles. The number of ether oxygens (including phenoxy) is 1. The quantitative estimate of drug-likeness (QED) is 0.635. The van der Waals surface area contributed by atoms with E-state index in [1.165, 1.54) is 6.08 Å². The first-order valence-electron chi connectivity index (χ1n) is 5.84. The summed E-state index contributed by atoms with van der Waals surface area (Å²) in [5.41, 5.74) is 0.810. The molecule has 0 unspecified atom stereocenters. The van der Waals surface area contributed by atoms with Crippen LogP contribution in [0.5, 0.6) is 0 Å². The van der Waals surface area contributed by atoms with E-state index in [0.29, 0.717) is 16.9 Å². The Morgan fingerprint density at radius 2 is 2.05 bits per heavy atom. The molecule has 0 saturated heterocycles. The van der Waals surface area contributed by atoms with Gasteiger partial charge in [0.05, 0.1) is 11.2 Å². The molecule has 2 heterocycles. The highest BCUT2D eigenvalue weighted by Gasteiger charge is 2.13. The molecule has 2 aromatic rings. The van der Waals surface area contributed by atoms with E-state index in [1.807, 2.05) is 0 Å². The molecule has 2 rings (SSSR count). The van der Waals surface area contributed by atoms with Crippen molar-refractivity contribution in [2.75, 3.05) is 0 Å². The summed E-state index contributed by atoms with van der Waals surface area (Å²) in [7, 11) is 0. The minimum atomic E-state index is -0.523. The van der Waals surface area contributed by atoms with Crippen LogP contribution in [0.4, 0.5) is 0 Å². The van der Waals surface area contributed by atoms with Gasteiger partial charge in [-0.05, 0) is 39.0 Å². The van der Waals surface area contributed by atoms with Crippen LogP contribution >= 0.6 is 0 Å². The summed E-state index contributed by atoms with van der Waals surface area (Å²) in [5.74, 6) is -0.433. The molecule has 0 radical (unpaired) electrons. The van der Waals surface area contributed by atoms with Gasteiger partial charge in [0.25, 0.3) is 0 Å². The second-order valence-corrected chi connectivity index (χ2v) is 5.08. The number of hydrogen-bond donors (Lipinski definition) is 2. The van der Waals surface area contributed by atoms with Gasteiger partial charge in [0.1, 0.15) is 5.60 Å². The molecule has 0 amide bonds. The van der Waals surface area contributed by atoms with E-state index in [9.17, 15) is 9.59 Å². The van der Waals surface area contributed by atoms with Gasteiger partial charge in [0.2, 0.25) is 0 Å².